The van der Waals surface area contributed by atoms with E-state index in [1.54, 1.807) is 6.20 Å². The van der Waals surface area contributed by atoms with Crippen LogP contribution in [-0.2, 0) is 30.6 Å². The fourth-order valence-electron chi connectivity index (χ4n) is 4.45. The molecule has 2 aromatic heterocycles. The molecule has 0 saturated heterocycles. The van der Waals surface area contributed by atoms with Gasteiger partial charge in [0.1, 0.15) is 11.6 Å². The summed E-state index contributed by atoms with van der Waals surface area (Å²) in [5.74, 6) is 2.19. The highest BCUT2D eigenvalue weighted by molar-refractivity contribution is 5.85. The first kappa shape index (κ1) is 17.1. The summed E-state index contributed by atoms with van der Waals surface area (Å²) in [7, 11) is 0. The van der Waals surface area contributed by atoms with E-state index in [1.165, 1.54) is 11.1 Å². The lowest BCUT2D eigenvalue weighted by Crippen LogP contribution is -2.36. The molecular weight excluding hydrogens is 350 g/mol. The summed E-state index contributed by atoms with van der Waals surface area (Å²) in [5.41, 5.74) is 3.66. The number of amides is 1. The van der Waals surface area contributed by atoms with Crippen LogP contribution in [0.25, 0.3) is 0 Å². The monoisotopic (exact) mass is 373 g/mol. The Morgan fingerprint density at radius 1 is 1.04 bits per heavy atom. The van der Waals surface area contributed by atoms with Crippen molar-refractivity contribution in [2.24, 2.45) is 0 Å². The van der Waals surface area contributed by atoms with Gasteiger partial charge < -0.3 is 9.47 Å². The van der Waals surface area contributed by atoms with Gasteiger partial charge in [-0.1, -0.05) is 30.3 Å². The summed E-state index contributed by atoms with van der Waals surface area (Å²) in [6.07, 6.45) is 7.03. The van der Waals surface area contributed by atoms with Crippen molar-refractivity contribution in [3.05, 3.63) is 77.1 Å². The lowest BCUT2D eigenvalue weighted by atomic mass is 10.00. The number of pyridine rings is 1. The third-order valence-electron chi connectivity index (χ3n) is 5.93. The van der Waals surface area contributed by atoms with Gasteiger partial charge in [-0.3, -0.25) is 9.78 Å². The van der Waals surface area contributed by atoms with E-state index in [4.69, 9.17) is 0 Å². The summed E-state index contributed by atoms with van der Waals surface area (Å²) >= 11 is 0. The van der Waals surface area contributed by atoms with E-state index in [0.29, 0.717) is 19.5 Å². The van der Waals surface area contributed by atoms with Crippen LogP contribution in [0.15, 0.2) is 48.8 Å². The van der Waals surface area contributed by atoms with E-state index >= 15 is 0 Å². The van der Waals surface area contributed by atoms with Crippen LogP contribution in [-0.4, -0.2) is 43.6 Å². The Morgan fingerprint density at radius 3 is 2.86 bits per heavy atom. The summed E-state index contributed by atoms with van der Waals surface area (Å²) in [5, 5.41) is 8.79. The number of nitrogens with zero attached hydrogens (tertiary/aromatic N) is 5. The highest BCUT2D eigenvalue weighted by Crippen LogP contribution is 2.34. The van der Waals surface area contributed by atoms with Crippen molar-refractivity contribution in [1.29, 1.82) is 0 Å². The van der Waals surface area contributed by atoms with Gasteiger partial charge in [-0.25, -0.2) is 0 Å². The van der Waals surface area contributed by atoms with Gasteiger partial charge in [0.2, 0.25) is 5.91 Å². The number of rotatable bonds is 3. The van der Waals surface area contributed by atoms with Gasteiger partial charge in [0.25, 0.3) is 0 Å². The van der Waals surface area contributed by atoms with Crippen molar-refractivity contribution in [1.82, 2.24) is 24.6 Å². The zero-order chi connectivity index (χ0) is 18.9. The van der Waals surface area contributed by atoms with Crippen LogP contribution in [0.4, 0.5) is 0 Å². The van der Waals surface area contributed by atoms with E-state index in [0.717, 1.165) is 43.0 Å². The molecule has 0 unspecified atom stereocenters. The number of fused-ring (bicyclic) bond motifs is 2. The number of aryl methyl sites for hydroxylation is 1. The molecule has 5 rings (SSSR count). The maximum absolute atomic E-state index is 13.2. The average Bonchev–Trinajstić information content (AvgIpc) is 3.26. The molecule has 1 aliphatic carbocycles. The molecule has 0 bridgehead atoms. The SMILES string of the molecule is O=C([C@H]1CCc2ccccc21)N1CCc2nnc(Cc3cccnc3)n2CC1. The first-order valence-electron chi connectivity index (χ1n) is 9.96. The number of carbonyl (C=O) groups is 1. The molecule has 1 aliphatic heterocycles. The number of hydrogen-bond acceptors (Lipinski definition) is 4. The van der Waals surface area contributed by atoms with Crippen LogP contribution in [0.1, 0.15) is 40.7 Å². The molecule has 6 nitrogen and oxygen atoms in total. The largest absolute Gasteiger partial charge is 0.340 e. The smallest absolute Gasteiger partial charge is 0.230 e. The molecule has 6 heteroatoms. The highest BCUT2D eigenvalue weighted by atomic mass is 16.2. The number of benzene rings is 1. The highest BCUT2D eigenvalue weighted by Gasteiger charge is 2.32. The van der Waals surface area contributed by atoms with Gasteiger partial charge in [0, 0.05) is 44.9 Å². The zero-order valence-corrected chi connectivity index (χ0v) is 15.8. The van der Waals surface area contributed by atoms with Crippen LogP contribution in [0.2, 0.25) is 0 Å². The summed E-state index contributed by atoms with van der Waals surface area (Å²) < 4.78 is 2.18. The molecule has 3 aromatic rings. The molecule has 0 N–H and O–H groups in total. The second-order valence-electron chi connectivity index (χ2n) is 7.59. The van der Waals surface area contributed by atoms with Gasteiger partial charge in [-0.15, -0.1) is 10.2 Å². The van der Waals surface area contributed by atoms with Crippen molar-refractivity contribution in [2.75, 3.05) is 13.1 Å². The molecule has 0 spiro atoms. The van der Waals surface area contributed by atoms with Crippen LogP contribution < -0.4 is 0 Å². The number of aromatic nitrogens is 4. The van der Waals surface area contributed by atoms with Crippen molar-refractivity contribution < 1.29 is 4.79 Å². The lowest BCUT2D eigenvalue weighted by molar-refractivity contribution is -0.132. The maximum atomic E-state index is 13.2. The van der Waals surface area contributed by atoms with Crippen molar-refractivity contribution in [3.63, 3.8) is 0 Å². The molecule has 0 radical (unpaired) electrons. The molecule has 2 aliphatic rings. The topological polar surface area (TPSA) is 63.9 Å². The lowest BCUT2D eigenvalue weighted by Gasteiger charge is -2.24. The number of hydrogen-bond donors (Lipinski definition) is 0. The first-order valence-corrected chi connectivity index (χ1v) is 9.96. The Balaban J connectivity index is 1.31. The fourth-order valence-corrected chi connectivity index (χ4v) is 4.45. The standard InChI is InChI=1S/C22H23N5O/c28-22(19-8-7-17-5-1-2-6-18(17)19)26-11-9-20-24-25-21(27(20)13-12-26)14-16-4-3-10-23-15-16/h1-6,10,15,19H,7-9,11-14H2/t19-/m0/s1. The third-order valence-corrected chi connectivity index (χ3v) is 5.93. The molecule has 1 atom stereocenters. The Morgan fingerprint density at radius 2 is 1.96 bits per heavy atom. The summed E-state index contributed by atoms with van der Waals surface area (Å²) in [6.45, 7) is 2.17. The van der Waals surface area contributed by atoms with E-state index in [-0.39, 0.29) is 11.8 Å². The Hall–Kier alpha value is -3.02. The minimum absolute atomic E-state index is 0.00890. The minimum Gasteiger partial charge on any atom is -0.340 e. The Labute approximate surface area is 164 Å². The number of carbonyl (C=O) groups excluding carboxylic acids is 1. The average molecular weight is 373 g/mol. The van der Waals surface area contributed by atoms with E-state index in [2.05, 4.69) is 44.0 Å². The molecule has 1 aromatic carbocycles. The predicted molar refractivity (Wildman–Crippen MR) is 105 cm³/mol. The second kappa shape index (κ2) is 7.19. The van der Waals surface area contributed by atoms with Gasteiger partial charge in [-0.2, -0.15) is 0 Å². The van der Waals surface area contributed by atoms with Gasteiger partial charge >= 0.3 is 0 Å². The van der Waals surface area contributed by atoms with Gasteiger partial charge in [0.15, 0.2) is 0 Å². The fraction of sp³-hybridized carbons (Fsp3) is 0.364. The molecule has 1 amide bonds. The zero-order valence-electron chi connectivity index (χ0n) is 15.8. The molecule has 0 fully saturated rings. The molecule has 3 heterocycles. The van der Waals surface area contributed by atoms with Crippen molar-refractivity contribution in [3.8, 4) is 0 Å². The van der Waals surface area contributed by atoms with Crippen LogP contribution in [0.3, 0.4) is 0 Å². The van der Waals surface area contributed by atoms with Crippen molar-refractivity contribution >= 4 is 5.91 Å². The first-order chi connectivity index (χ1) is 13.8. The second-order valence-corrected chi connectivity index (χ2v) is 7.59. The normalized spacial score (nSPS) is 18.4. The van der Waals surface area contributed by atoms with Crippen LogP contribution in [0, 0.1) is 0 Å². The summed E-state index contributed by atoms with van der Waals surface area (Å²) in [6, 6.07) is 12.4. The molecule has 28 heavy (non-hydrogen) atoms. The predicted octanol–water partition coefficient (Wildman–Crippen LogP) is 2.38. The third kappa shape index (κ3) is 3.09. The Kier molecular flexibility index (Phi) is 4.39. The molecule has 0 saturated carbocycles. The van der Waals surface area contributed by atoms with E-state index in [9.17, 15) is 4.79 Å². The molecule has 142 valence electrons. The van der Waals surface area contributed by atoms with E-state index < -0.39 is 0 Å². The summed E-state index contributed by atoms with van der Waals surface area (Å²) in [4.78, 5) is 19.4. The minimum atomic E-state index is 0.00890. The Bertz CT molecular complexity index is 997. The van der Waals surface area contributed by atoms with E-state index in [1.807, 2.05) is 23.2 Å². The van der Waals surface area contributed by atoms with Gasteiger partial charge in [-0.05, 0) is 35.6 Å². The van der Waals surface area contributed by atoms with Crippen LogP contribution >= 0.6 is 0 Å². The maximum Gasteiger partial charge on any atom is 0.230 e. The quantitative estimate of drug-likeness (QED) is 0.707. The molecular formula is C22H23N5O. The van der Waals surface area contributed by atoms with Crippen molar-refractivity contribution in [2.45, 2.75) is 38.1 Å². The van der Waals surface area contributed by atoms with Gasteiger partial charge in [0.05, 0.1) is 5.92 Å². The van der Waals surface area contributed by atoms with Crippen LogP contribution in [0.5, 0.6) is 0 Å².